The molecule has 7 heteroatoms. The molecule has 28 heavy (non-hydrogen) atoms. The van der Waals surface area contributed by atoms with Gasteiger partial charge in [0.25, 0.3) is 5.91 Å². The maximum Gasteiger partial charge on any atom is 0.319 e. The standard InChI is InChI=1S/C21H24N4O3/c1-14(2)24-21(27)25-18-8-4-17(5-9-18)13-23-20(26)15(3)28-19-10-6-16(12-22)7-11-19/h4-11,14-15H,13H2,1-3H3,(H,23,26)(H2,24,25,27). The number of rotatable bonds is 7. The third-order valence-electron chi connectivity index (χ3n) is 3.76. The zero-order chi connectivity index (χ0) is 20.5. The van der Waals surface area contributed by atoms with E-state index >= 15 is 0 Å². The second-order valence-corrected chi connectivity index (χ2v) is 6.56. The van der Waals surface area contributed by atoms with E-state index in [0.29, 0.717) is 23.5 Å². The molecule has 2 aromatic rings. The first-order valence-electron chi connectivity index (χ1n) is 8.98. The van der Waals surface area contributed by atoms with Gasteiger partial charge < -0.3 is 20.7 Å². The highest BCUT2D eigenvalue weighted by Gasteiger charge is 2.14. The number of urea groups is 1. The summed E-state index contributed by atoms with van der Waals surface area (Å²) in [6.45, 7) is 5.78. The van der Waals surface area contributed by atoms with E-state index in [1.54, 1.807) is 43.3 Å². The molecular formula is C21H24N4O3. The lowest BCUT2D eigenvalue weighted by Gasteiger charge is -2.15. The van der Waals surface area contributed by atoms with Gasteiger partial charge in [-0.3, -0.25) is 4.79 Å². The summed E-state index contributed by atoms with van der Waals surface area (Å²) >= 11 is 0. The molecule has 0 bridgehead atoms. The molecule has 0 saturated heterocycles. The smallest absolute Gasteiger partial charge is 0.319 e. The molecule has 0 radical (unpaired) electrons. The van der Waals surface area contributed by atoms with E-state index in [1.807, 2.05) is 32.0 Å². The summed E-state index contributed by atoms with van der Waals surface area (Å²) in [5.41, 5.74) is 2.10. The van der Waals surface area contributed by atoms with Crippen LogP contribution in [0.1, 0.15) is 31.9 Å². The van der Waals surface area contributed by atoms with Gasteiger partial charge in [0.2, 0.25) is 0 Å². The fourth-order valence-corrected chi connectivity index (χ4v) is 2.33. The van der Waals surface area contributed by atoms with Crippen molar-refractivity contribution in [2.45, 2.75) is 39.5 Å². The molecular weight excluding hydrogens is 356 g/mol. The Morgan fingerprint density at radius 3 is 2.25 bits per heavy atom. The van der Waals surface area contributed by atoms with Crippen LogP contribution in [0.15, 0.2) is 48.5 Å². The predicted octanol–water partition coefficient (Wildman–Crippen LogP) is 3.17. The number of carbonyl (C=O) groups is 2. The van der Waals surface area contributed by atoms with E-state index in [9.17, 15) is 9.59 Å². The molecule has 1 atom stereocenters. The minimum atomic E-state index is -0.673. The first kappa shape index (κ1) is 20.8. The highest BCUT2D eigenvalue weighted by atomic mass is 16.5. The van der Waals surface area contributed by atoms with E-state index < -0.39 is 6.10 Å². The third kappa shape index (κ3) is 6.65. The maximum atomic E-state index is 12.2. The van der Waals surface area contributed by atoms with E-state index in [1.165, 1.54) is 0 Å². The SMILES string of the molecule is CC(C)NC(=O)Nc1ccc(CNC(=O)C(C)Oc2ccc(C#N)cc2)cc1. The molecule has 3 N–H and O–H groups in total. The van der Waals surface area contributed by atoms with Gasteiger partial charge in [0.1, 0.15) is 5.75 Å². The Hall–Kier alpha value is -3.53. The van der Waals surface area contributed by atoms with Crippen molar-refractivity contribution in [2.75, 3.05) is 5.32 Å². The minimum absolute atomic E-state index is 0.0583. The number of carbonyl (C=O) groups excluding carboxylic acids is 2. The average Bonchev–Trinajstić information content (AvgIpc) is 2.67. The van der Waals surface area contributed by atoms with Crippen LogP contribution >= 0.6 is 0 Å². The molecule has 2 rings (SSSR count). The molecule has 3 amide bonds. The quantitative estimate of drug-likeness (QED) is 0.686. The van der Waals surface area contributed by atoms with E-state index in [4.69, 9.17) is 10.00 Å². The average molecular weight is 380 g/mol. The lowest BCUT2D eigenvalue weighted by molar-refractivity contribution is -0.127. The van der Waals surface area contributed by atoms with Crippen molar-refractivity contribution < 1.29 is 14.3 Å². The minimum Gasteiger partial charge on any atom is -0.481 e. The van der Waals surface area contributed by atoms with E-state index in [2.05, 4.69) is 16.0 Å². The van der Waals surface area contributed by atoms with Crippen molar-refractivity contribution in [1.82, 2.24) is 10.6 Å². The molecule has 146 valence electrons. The van der Waals surface area contributed by atoms with Gasteiger partial charge in [-0.05, 0) is 62.7 Å². The van der Waals surface area contributed by atoms with Crippen LogP contribution in [0, 0.1) is 11.3 Å². The number of amides is 3. The van der Waals surface area contributed by atoms with Crippen LogP contribution in [-0.4, -0.2) is 24.1 Å². The second kappa shape index (κ2) is 9.97. The van der Waals surface area contributed by atoms with Gasteiger partial charge in [-0.2, -0.15) is 5.26 Å². The molecule has 0 aliphatic carbocycles. The Bertz CT molecular complexity index is 839. The Morgan fingerprint density at radius 2 is 1.68 bits per heavy atom. The van der Waals surface area contributed by atoms with Crippen LogP contribution in [0.3, 0.4) is 0 Å². The summed E-state index contributed by atoms with van der Waals surface area (Å²) in [6.07, 6.45) is -0.673. The van der Waals surface area contributed by atoms with Gasteiger partial charge in [0.05, 0.1) is 11.6 Å². The topological polar surface area (TPSA) is 103 Å². The first-order chi connectivity index (χ1) is 13.4. The number of nitrogens with zero attached hydrogens (tertiary/aromatic N) is 1. The molecule has 0 aromatic heterocycles. The van der Waals surface area contributed by atoms with Crippen LogP contribution in [0.2, 0.25) is 0 Å². The fraction of sp³-hybridized carbons (Fsp3) is 0.286. The van der Waals surface area contributed by atoms with E-state index in [0.717, 1.165) is 5.56 Å². The Labute approximate surface area is 164 Å². The number of ether oxygens (including phenoxy) is 1. The lowest BCUT2D eigenvalue weighted by atomic mass is 10.2. The van der Waals surface area contributed by atoms with Crippen molar-refractivity contribution in [3.05, 3.63) is 59.7 Å². The van der Waals surface area contributed by atoms with Gasteiger partial charge >= 0.3 is 6.03 Å². The molecule has 0 saturated carbocycles. The summed E-state index contributed by atoms with van der Waals surface area (Å²) < 4.78 is 5.58. The Kier molecular flexibility index (Phi) is 7.40. The summed E-state index contributed by atoms with van der Waals surface area (Å²) in [6, 6.07) is 15.6. The number of hydrogen-bond donors (Lipinski definition) is 3. The number of nitriles is 1. The van der Waals surface area contributed by atoms with Crippen LogP contribution in [-0.2, 0) is 11.3 Å². The summed E-state index contributed by atoms with van der Waals surface area (Å²) in [5.74, 6) is 0.277. The first-order valence-corrected chi connectivity index (χ1v) is 8.98. The van der Waals surface area contributed by atoms with E-state index in [-0.39, 0.29) is 18.0 Å². The molecule has 0 aliphatic rings. The molecule has 0 heterocycles. The Balaban J connectivity index is 1.81. The third-order valence-corrected chi connectivity index (χ3v) is 3.76. The van der Waals surface area contributed by atoms with Crippen LogP contribution in [0.5, 0.6) is 5.75 Å². The molecule has 1 unspecified atom stereocenters. The van der Waals surface area contributed by atoms with Gasteiger partial charge in [0, 0.05) is 18.3 Å². The van der Waals surface area contributed by atoms with Crippen LogP contribution in [0.4, 0.5) is 10.5 Å². The number of nitrogens with one attached hydrogen (secondary N) is 3. The molecule has 0 fully saturated rings. The second-order valence-electron chi connectivity index (χ2n) is 6.56. The van der Waals surface area contributed by atoms with Gasteiger partial charge in [-0.1, -0.05) is 12.1 Å². The summed E-state index contributed by atoms with van der Waals surface area (Å²) in [4.78, 5) is 23.9. The van der Waals surface area contributed by atoms with Crippen LogP contribution in [0.25, 0.3) is 0 Å². The van der Waals surface area contributed by atoms with Crippen molar-refractivity contribution in [2.24, 2.45) is 0 Å². The monoisotopic (exact) mass is 380 g/mol. The Morgan fingerprint density at radius 1 is 1.04 bits per heavy atom. The molecule has 0 spiro atoms. The van der Waals surface area contributed by atoms with Crippen molar-refractivity contribution in [1.29, 1.82) is 5.26 Å². The normalized spacial score (nSPS) is 11.2. The highest BCUT2D eigenvalue weighted by Crippen LogP contribution is 2.14. The summed E-state index contributed by atoms with van der Waals surface area (Å²) in [7, 11) is 0. The number of hydrogen-bond acceptors (Lipinski definition) is 4. The summed E-state index contributed by atoms with van der Waals surface area (Å²) in [5, 5.41) is 17.1. The van der Waals surface area contributed by atoms with Crippen LogP contribution < -0.4 is 20.7 Å². The molecule has 0 aliphatic heterocycles. The van der Waals surface area contributed by atoms with Crippen molar-refractivity contribution >= 4 is 17.6 Å². The van der Waals surface area contributed by atoms with Crippen molar-refractivity contribution in [3.8, 4) is 11.8 Å². The van der Waals surface area contributed by atoms with Crippen molar-refractivity contribution in [3.63, 3.8) is 0 Å². The molecule has 2 aromatic carbocycles. The molecule has 7 nitrogen and oxygen atoms in total. The lowest BCUT2D eigenvalue weighted by Crippen LogP contribution is -2.36. The maximum absolute atomic E-state index is 12.2. The fourth-order valence-electron chi connectivity index (χ4n) is 2.33. The zero-order valence-corrected chi connectivity index (χ0v) is 16.2. The van der Waals surface area contributed by atoms with Gasteiger partial charge in [0.15, 0.2) is 6.10 Å². The van der Waals surface area contributed by atoms with Gasteiger partial charge in [-0.15, -0.1) is 0 Å². The number of benzene rings is 2. The highest BCUT2D eigenvalue weighted by molar-refractivity contribution is 5.89. The largest absolute Gasteiger partial charge is 0.481 e. The zero-order valence-electron chi connectivity index (χ0n) is 16.2. The number of anilines is 1. The van der Waals surface area contributed by atoms with Gasteiger partial charge in [-0.25, -0.2) is 4.79 Å². The predicted molar refractivity (Wildman–Crippen MR) is 107 cm³/mol.